The zero-order valence-corrected chi connectivity index (χ0v) is 12.3. The summed E-state index contributed by atoms with van der Waals surface area (Å²) in [7, 11) is 1.54. The molecule has 8 nitrogen and oxygen atoms in total. The van der Waals surface area contributed by atoms with E-state index in [4.69, 9.17) is 4.74 Å². The standard InChI is InChI=1S/C15H15N3O5/c1-23-14-7-5-12(6-8-14)16-15(10-17(19)20)11-3-2-4-13(9-11)18(21)22/h2-9,15-16H,10H2,1H3. The predicted octanol–water partition coefficient (Wildman–Crippen LogP) is 3.03. The highest BCUT2D eigenvalue weighted by molar-refractivity contribution is 5.49. The highest BCUT2D eigenvalue weighted by Gasteiger charge is 2.20. The van der Waals surface area contributed by atoms with Gasteiger partial charge in [-0.3, -0.25) is 20.2 Å². The SMILES string of the molecule is COc1ccc(NC(C[N+](=O)[O-])c2cccc([N+](=O)[O-])c2)cc1. The van der Waals surface area contributed by atoms with E-state index < -0.39 is 22.4 Å². The van der Waals surface area contributed by atoms with Gasteiger partial charge >= 0.3 is 0 Å². The van der Waals surface area contributed by atoms with Crippen LogP contribution in [0.2, 0.25) is 0 Å². The van der Waals surface area contributed by atoms with E-state index in [9.17, 15) is 20.2 Å². The molecule has 23 heavy (non-hydrogen) atoms. The molecule has 0 aliphatic carbocycles. The molecule has 0 radical (unpaired) electrons. The Morgan fingerprint density at radius 3 is 2.39 bits per heavy atom. The summed E-state index contributed by atoms with van der Waals surface area (Å²) in [5.41, 5.74) is 1.03. The average molecular weight is 317 g/mol. The minimum Gasteiger partial charge on any atom is -0.497 e. The van der Waals surface area contributed by atoms with Gasteiger partial charge in [-0.05, 0) is 29.8 Å². The zero-order chi connectivity index (χ0) is 16.8. The van der Waals surface area contributed by atoms with Crippen LogP contribution in [0.25, 0.3) is 0 Å². The molecule has 0 spiro atoms. The third kappa shape index (κ3) is 4.40. The number of hydrogen-bond acceptors (Lipinski definition) is 6. The molecule has 0 aliphatic rings. The van der Waals surface area contributed by atoms with Gasteiger partial charge in [-0.25, -0.2) is 0 Å². The topological polar surface area (TPSA) is 108 Å². The number of nitro groups is 2. The smallest absolute Gasteiger partial charge is 0.269 e. The molecule has 1 N–H and O–H groups in total. The van der Waals surface area contributed by atoms with Crippen LogP contribution in [0.3, 0.4) is 0 Å². The maximum atomic E-state index is 10.9. The highest BCUT2D eigenvalue weighted by atomic mass is 16.6. The summed E-state index contributed by atoms with van der Waals surface area (Å²) < 4.78 is 5.05. The Morgan fingerprint density at radius 1 is 1.13 bits per heavy atom. The van der Waals surface area contributed by atoms with Crippen molar-refractivity contribution in [3.63, 3.8) is 0 Å². The van der Waals surface area contributed by atoms with Crippen molar-refractivity contribution < 1.29 is 14.6 Å². The fourth-order valence-corrected chi connectivity index (χ4v) is 2.13. The van der Waals surface area contributed by atoms with Gasteiger partial charge in [-0.2, -0.15) is 0 Å². The second kappa shape index (κ2) is 7.21. The minimum atomic E-state index is -0.682. The highest BCUT2D eigenvalue weighted by Crippen LogP contribution is 2.24. The van der Waals surface area contributed by atoms with E-state index >= 15 is 0 Å². The zero-order valence-electron chi connectivity index (χ0n) is 12.3. The summed E-state index contributed by atoms with van der Waals surface area (Å²) in [6.45, 7) is -0.396. The van der Waals surface area contributed by atoms with Gasteiger partial charge in [0.1, 0.15) is 11.8 Å². The number of rotatable bonds is 7. The van der Waals surface area contributed by atoms with Crippen LogP contribution >= 0.6 is 0 Å². The summed E-state index contributed by atoms with van der Waals surface area (Å²) >= 11 is 0. The van der Waals surface area contributed by atoms with Crippen molar-refractivity contribution in [2.24, 2.45) is 0 Å². The lowest BCUT2D eigenvalue weighted by Crippen LogP contribution is -2.20. The molecule has 0 amide bonds. The number of anilines is 1. The maximum absolute atomic E-state index is 10.9. The Bertz CT molecular complexity index is 703. The molecule has 0 bridgehead atoms. The van der Waals surface area contributed by atoms with Gasteiger partial charge in [0.25, 0.3) is 5.69 Å². The molecule has 0 aromatic heterocycles. The normalized spacial score (nSPS) is 11.5. The number of methoxy groups -OCH3 is 1. The van der Waals surface area contributed by atoms with Crippen LogP contribution in [-0.2, 0) is 0 Å². The molecule has 0 aliphatic heterocycles. The van der Waals surface area contributed by atoms with Crippen LogP contribution < -0.4 is 10.1 Å². The number of benzene rings is 2. The fourth-order valence-electron chi connectivity index (χ4n) is 2.13. The quantitative estimate of drug-likeness (QED) is 0.621. The van der Waals surface area contributed by atoms with E-state index in [1.54, 1.807) is 37.4 Å². The molecular formula is C15H15N3O5. The van der Waals surface area contributed by atoms with Crippen molar-refractivity contribution in [2.75, 3.05) is 19.0 Å². The lowest BCUT2D eigenvalue weighted by Gasteiger charge is -2.17. The van der Waals surface area contributed by atoms with Gasteiger partial charge in [0, 0.05) is 22.7 Å². The van der Waals surface area contributed by atoms with Gasteiger partial charge < -0.3 is 10.1 Å². The maximum Gasteiger partial charge on any atom is 0.269 e. The van der Waals surface area contributed by atoms with Gasteiger partial charge in [0.05, 0.1) is 12.0 Å². The minimum absolute atomic E-state index is 0.104. The monoisotopic (exact) mass is 317 g/mol. The second-order valence-electron chi connectivity index (χ2n) is 4.79. The largest absolute Gasteiger partial charge is 0.497 e. The first-order valence-corrected chi connectivity index (χ1v) is 6.76. The molecule has 8 heteroatoms. The van der Waals surface area contributed by atoms with Crippen LogP contribution in [0.4, 0.5) is 11.4 Å². The van der Waals surface area contributed by atoms with Crippen LogP contribution in [0.5, 0.6) is 5.75 Å². The summed E-state index contributed by atoms with van der Waals surface area (Å²) in [5.74, 6) is 0.664. The number of ether oxygens (including phenoxy) is 1. The molecule has 0 fully saturated rings. The number of hydrogen-bond donors (Lipinski definition) is 1. The fraction of sp³-hybridized carbons (Fsp3) is 0.200. The van der Waals surface area contributed by atoms with Crippen LogP contribution in [0.1, 0.15) is 11.6 Å². The third-order valence-electron chi connectivity index (χ3n) is 3.25. The summed E-state index contributed by atoms with van der Waals surface area (Å²) in [5, 5.41) is 24.8. The Kier molecular flexibility index (Phi) is 5.08. The van der Waals surface area contributed by atoms with Crippen molar-refractivity contribution in [3.05, 3.63) is 74.3 Å². The predicted molar refractivity (Wildman–Crippen MR) is 84.3 cm³/mol. The Morgan fingerprint density at radius 2 is 1.83 bits per heavy atom. The Hall–Kier alpha value is -3.16. The first-order chi connectivity index (χ1) is 11.0. The van der Waals surface area contributed by atoms with Crippen molar-refractivity contribution in [1.29, 1.82) is 0 Å². The van der Waals surface area contributed by atoms with Gasteiger partial charge in [0.15, 0.2) is 0 Å². The molecule has 0 saturated carbocycles. The van der Waals surface area contributed by atoms with E-state index in [0.717, 1.165) is 0 Å². The van der Waals surface area contributed by atoms with Crippen molar-refractivity contribution in [1.82, 2.24) is 0 Å². The molecule has 1 atom stereocenters. The Labute approximate surface area is 132 Å². The van der Waals surface area contributed by atoms with Crippen LogP contribution in [-0.4, -0.2) is 23.5 Å². The molecule has 2 aromatic carbocycles. The van der Waals surface area contributed by atoms with Gasteiger partial charge in [-0.1, -0.05) is 12.1 Å². The van der Waals surface area contributed by atoms with E-state index in [2.05, 4.69) is 5.32 Å². The molecule has 2 rings (SSSR count). The van der Waals surface area contributed by atoms with E-state index in [1.807, 2.05) is 0 Å². The van der Waals surface area contributed by atoms with E-state index in [0.29, 0.717) is 17.0 Å². The number of non-ortho nitro benzene ring substituents is 1. The molecule has 120 valence electrons. The van der Waals surface area contributed by atoms with Crippen LogP contribution in [0, 0.1) is 20.2 Å². The lowest BCUT2D eigenvalue weighted by atomic mass is 10.1. The molecule has 1 unspecified atom stereocenters. The van der Waals surface area contributed by atoms with Gasteiger partial charge in [-0.15, -0.1) is 0 Å². The molecule has 2 aromatic rings. The number of nitro benzene ring substituents is 1. The number of nitrogens with zero attached hydrogens (tertiary/aromatic N) is 2. The van der Waals surface area contributed by atoms with E-state index in [1.165, 1.54) is 18.2 Å². The van der Waals surface area contributed by atoms with Crippen molar-refractivity contribution in [2.45, 2.75) is 6.04 Å². The molecule has 0 saturated heterocycles. The average Bonchev–Trinajstić information content (AvgIpc) is 2.54. The lowest BCUT2D eigenvalue weighted by molar-refractivity contribution is -0.482. The van der Waals surface area contributed by atoms with Gasteiger partial charge in [0.2, 0.25) is 6.54 Å². The Balaban J connectivity index is 2.27. The summed E-state index contributed by atoms with van der Waals surface area (Å²) in [4.78, 5) is 20.8. The van der Waals surface area contributed by atoms with E-state index in [-0.39, 0.29) is 5.69 Å². The summed E-state index contributed by atoms with van der Waals surface area (Å²) in [6.07, 6.45) is 0. The van der Waals surface area contributed by atoms with Crippen LogP contribution in [0.15, 0.2) is 48.5 Å². The molecule has 0 heterocycles. The molecular weight excluding hydrogens is 302 g/mol. The van der Waals surface area contributed by atoms with Crippen molar-refractivity contribution >= 4 is 11.4 Å². The second-order valence-corrected chi connectivity index (χ2v) is 4.79. The number of nitrogens with one attached hydrogen (secondary N) is 1. The third-order valence-corrected chi connectivity index (χ3v) is 3.25. The van der Waals surface area contributed by atoms with Crippen molar-refractivity contribution in [3.8, 4) is 5.75 Å². The first-order valence-electron chi connectivity index (χ1n) is 6.76. The summed E-state index contributed by atoms with van der Waals surface area (Å²) in [6, 6.07) is 12.0. The first kappa shape index (κ1) is 16.2.